The van der Waals surface area contributed by atoms with Gasteiger partial charge in [0.25, 0.3) is 6.43 Å². The van der Waals surface area contributed by atoms with Crippen LogP contribution in [0.4, 0.5) is 18.9 Å². The topological polar surface area (TPSA) is 68.4 Å². The third-order valence-electron chi connectivity index (χ3n) is 9.01. The Hall–Kier alpha value is -3.86. The average molecular weight is 579 g/mol. The molecule has 11 heteroatoms. The van der Waals surface area contributed by atoms with Gasteiger partial charge in [0.15, 0.2) is 6.04 Å². The van der Waals surface area contributed by atoms with Crippen LogP contribution in [0.2, 0.25) is 0 Å². The number of ether oxygens (including phenoxy) is 1. The molecule has 42 heavy (non-hydrogen) atoms. The fourth-order valence-corrected chi connectivity index (χ4v) is 6.92. The summed E-state index contributed by atoms with van der Waals surface area (Å²) in [6, 6.07) is 9.03. The van der Waals surface area contributed by atoms with Crippen molar-refractivity contribution in [2.75, 3.05) is 37.7 Å². The van der Waals surface area contributed by atoms with Gasteiger partial charge in [-0.05, 0) is 55.2 Å². The highest BCUT2D eigenvalue weighted by Crippen LogP contribution is 2.39. The summed E-state index contributed by atoms with van der Waals surface area (Å²) in [6.07, 6.45) is 0.403. The lowest BCUT2D eigenvalue weighted by Crippen LogP contribution is -2.46. The van der Waals surface area contributed by atoms with Gasteiger partial charge >= 0.3 is 5.97 Å². The fraction of sp³-hybridized carbons (Fsp3) is 0.452. The number of halogens is 3. The van der Waals surface area contributed by atoms with Crippen molar-refractivity contribution in [2.45, 2.75) is 57.9 Å². The van der Waals surface area contributed by atoms with Crippen molar-refractivity contribution >= 4 is 22.6 Å². The molecule has 8 nitrogen and oxygen atoms in total. The lowest BCUT2D eigenvalue weighted by atomic mass is 9.95. The van der Waals surface area contributed by atoms with Crippen LogP contribution < -0.4 is 4.90 Å². The molecule has 3 aliphatic rings. The van der Waals surface area contributed by atoms with E-state index in [1.54, 1.807) is 11.5 Å². The molecule has 2 saturated heterocycles. The monoisotopic (exact) mass is 578 g/mol. The zero-order valence-electron chi connectivity index (χ0n) is 23.6. The summed E-state index contributed by atoms with van der Waals surface area (Å²) in [4.78, 5) is 22.6. The highest BCUT2D eigenvalue weighted by Gasteiger charge is 2.36. The van der Waals surface area contributed by atoms with Crippen LogP contribution in [0.3, 0.4) is 0 Å². The van der Waals surface area contributed by atoms with Gasteiger partial charge in [0.05, 0.1) is 30.7 Å². The minimum atomic E-state index is -2.76. The smallest absolute Gasteiger partial charge is 0.337 e. The van der Waals surface area contributed by atoms with Gasteiger partial charge in [-0.2, -0.15) is 5.10 Å². The summed E-state index contributed by atoms with van der Waals surface area (Å²) in [5.74, 6) is -0.621. The van der Waals surface area contributed by atoms with E-state index in [0.29, 0.717) is 28.5 Å². The number of hydrogen-bond acceptors (Lipinski definition) is 6. The Morgan fingerprint density at radius 3 is 2.71 bits per heavy atom. The Balaban J connectivity index is 1.29. The first-order chi connectivity index (χ1) is 20.3. The number of nitrogens with zero attached hydrogens (tertiary/aromatic N) is 6. The number of rotatable bonds is 7. The number of hydrogen-bond donors (Lipinski definition) is 0. The van der Waals surface area contributed by atoms with Crippen molar-refractivity contribution in [3.63, 3.8) is 0 Å². The van der Waals surface area contributed by atoms with E-state index in [-0.39, 0.29) is 30.5 Å². The third-order valence-corrected chi connectivity index (χ3v) is 9.01. The maximum Gasteiger partial charge on any atom is 0.337 e. The van der Waals surface area contributed by atoms with Crippen LogP contribution in [0, 0.1) is 6.92 Å². The third kappa shape index (κ3) is 4.45. The van der Waals surface area contributed by atoms with Crippen LogP contribution >= 0.6 is 0 Å². The zero-order valence-corrected chi connectivity index (χ0v) is 23.6. The van der Waals surface area contributed by atoms with E-state index in [1.165, 1.54) is 23.3 Å². The number of piperazine rings is 1. The normalized spacial score (nSPS) is 22.2. The molecule has 0 spiro atoms. The molecule has 3 unspecified atom stereocenters. The number of carbonyl (C=O) groups is 1. The molecular weight excluding hydrogens is 545 g/mol. The average Bonchev–Trinajstić information content (AvgIpc) is 3.74. The molecule has 0 aliphatic carbocycles. The fourth-order valence-electron chi connectivity index (χ4n) is 6.92. The minimum absolute atomic E-state index is 0.115. The van der Waals surface area contributed by atoms with Gasteiger partial charge in [-0.1, -0.05) is 12.1 Å². The van der Waals surface area contributed by atoms with Crippen LogP contribution in [0.1, 0.15) is 48.3 Å². The number of anilines is 1. The van der Waals surface area contributed by atoms with Crippen LogP contribution in [0.5, 0.6) is 0 Å². The number of aromatic nitrogens is 4. The van der Waals surface area contributed by atoms with E-state index < -0.39 is 24.6 Å². The van der Waals surface area contributed by atoms with E-state index in [2.05, 4.69) is 32.0 Å². The Labute approximate surface area is 241 Å². The van der Waals surface area contributed by atoms with Crippen molar-refractivity contribution in [3.8, 4) is 11.1 Å². The largest absolute Gasteiger partial charge is 0.464 e. The molecule has 5 heterocycles. The first-order valence-electron chi connectivity index (χ1n) is 14.6. The summed E-state index contributed by atoms with van der Waals surface area (Å²) in [5.41, 5.74) is 4.49. The van der Waals surface area contributed by atoms with Crippen molar-refractivity contribution in [1.82, 2.24) is 24.2 Å². The Morgan fingerprint density at radius 1 is 1.14 bits per heavy atom. The molecule has 0 saturated carbocycles. The number of imidazole rings is 1. The number of carbonyl (C=O) groups excluding carboxylic acids is 1. The van der Waals surface area contributed by atoms with Crippen molar-refractivity contribution < 1.29 is 22.7 Å². The highest BCUT2D eigenvalue weighted by atomic mass is 19.3. The predicted molar refractivity (Wildman–Crippen MR) is 153 cm³/mol. The summed E-state index contributed by atoms with van der Waals surface area (Å²) in [6.45, 7) is 8.08. The predicted octanol–water partition coefficient (Wildman–Crippen LogP) is 5.09. The first-order valence-corrected chi connectivity index (χ1v) is 14.6. The molecule has 2 aromatic carbocycles. The van der Waals surface area contributed by atoms with Gasteiger partial charge in [0.2, 0.25) is 0 Å². The van der Waals surface area contributed by atoms with E-state index in [4.69, 9.17) is 4.74 Å². The number of fused-ring (bicyclic) bond motifs is 4. The second-order valence-corrected chi connectivity index (χ2v) is 11.5. The lowest BCUT2D eigenvalue weighted by Gasteiger charge is -2.36. The maximum atomic E-state index is 14.5. The van der Waals surface area contributed by atoms with Gasteiger partial charge < -0.3 is 14.2 Å². The highest BCUT2D eigenvalue weighted by molar-refractivity contribution is 5.92. The van der Waals surface area contributed by atoms with E-state index >= 15 is 0 Å². The molecule has 0 N–H and O–H groups in total. The molecule has 2 aromatic heterocycles. The molecule has 4 atom stereocenters. The van der Waals surface area contributed by atoms with E-state index in [0.717, 1.165) is 49.4 Å². The summed E-state index contributed by atoms with van der Waals surface area (Å²) in [7, 11) is 0. The van der Waals surface area contributed by atoms with Crippen molar-refractivity contribution in [2.24, 2.45) is 0 Å². The summed E-state index contributed by atoms with van der Waals surface area (Å²) < 4.78 is 51.6. The van der Waals surface area contributed by atoms with Crippen LogP contribution in [-0.2, 0) is 22.5 Å². The van der Waals surface area contributed by atoms with Gasteiger partial charge in [0.1, 0.15) is 6.17 Å². The molecule has 0 amide bonds. The first kappa shape index (κ1) is 27.0. The number of aryl methyl sites for hydroxylation is 1. The summed E-state index contributed by atoms with van der Waals surface area (Å²) >= 11 is 0. The maximum absolute atomic E-state index is 14.5. The molecule has 2 fully saturated rings. The van der Waals surface area contributed by atoms with Crippen LogP contribution in [0.15, 0.2) is 42.9 Å². The number of benzene rings is 2. The SMILES string of the molecule is CCOC(=O)C(c1ncn2c1C[C@@H](F)C2)n1cc2c(C(F)F)cc(-c3ccc(N4CCN5CCC4C5)cc3)c(C)c2n1. The Morgan fingerprint density at radius 2 is 1.95 bits per heavy atom. The van der Waals surface area contributed by atoms with Gasteiger partial charge in [-0.25, -0.2) is 22.9 Å². The molecule has 3 aliphatic heterocycles. The molecule has 4 aromatic rings. The van der Waals surface area contributed by atoms with Crippen molar-refractivity contribution in [3.05, 3.63) is 65.4 Å². The van der Waals surface area contributed by atoms with Gasteiger partial charge in [0, 0.05) is 67.2 Å². The molecular formula is C31H33F3N6O2. The molecule has 7 rings (SSSR count). The van der Waals surface area contributed by atoms with Gasteiger partial charge in [-0.15, -0.1) is 0 Å². The lowest BCUT2D eigenvalue weighted by molar-refractivity contribution is -0.146. The minimum Gasteiger partial charge on any atom is -0.464 e. The van der Waals surface area contributed by atoms with Crippen LogP contribution in [0.25, 0.3) is 22.0 Å². The zero-order chi connectivity index (χ0) is 29.1. The summed E-state index contributed by atoms with van der Waals surface area (Å²) in [5, 5.41) is 4.95. The molecule has 0 radical (unpaired) electrons. The van der Waals surface area contributed by atoms with Crippen LogP contribution in [-0.4, -0.2) is 75.2 Å². The quantitative estimate of drug-likeness (QED) is 0.285. The Kier molecular flexibility index (Phi) is 6.72. The van der Waals surface area contributed by atoms with E-state index in [9.17, 15) is 18.0 Å². The van der Waals surface area contributed by atoms with Crippen molar-refractivity contribution in [1.29, 1.82) is 0 Å². The van der Waals surface area contributed by atoms with Gasteiger partial charge in [-0.3, -0.25) is 9.58 Å². The second kappa shape index (κ2) is 10.4. The molecule has 2 bridgehead atoms. The van der Waals surface area contributed by atoms with E-state index in [1.807, 2.05) is 19.1 Å². The Bertz CT molecular complexity index is 1650. The standard InChI is InChI=1S/C31H33F3N6O2/c1-3-42-31(41)29(28-26-12-20(32)14-38(26)17-35-28)40-16-25-24(30(33)34)13-23(18(2)27(25)36-40)19-4-6-21(7-5-19)39-11-10-37-9-8-22(39)15-37/h4-7,13,16-17,20,22,29-30H,3,8-12,14-15H2,1-2H3/t20-,22?,29?/m1/s1. The molecule has 220 valence electrons. The second-order valence-electron chi connectivity index (χ2n) is 11.5. The number of alkyl halides is 3. The number of esters is 1.